The summed E-state index contributed by atoms with van der Waals surface area (Å²) >= 11 is 0. The third kappa shape index (κ3) is 6.71. The molecule has 3 unspecified atom stereocenters. The van der Waals surface area contributed by atoms with Gasteiger partial charge < -0.3 is 15.7 Å². The highest BCUT2D eigenvalue weighted by Gasteiger charge is 2.25. The lowest BCUT2D eigenvalue weighted by molar-refractivity contribution is -0.123. The second-order valence-corrected chi connectivity index (χ2v) is 7.16. The Bertz CT molecular complexity index is 297. The molecule has 0 aromatic carbocycles. The van der Waals surface area contributed by atoms with E-state index in [9.17, 15) is 9.90 Å². The van der Waals surface area contributed by atoms with Crippen LogP contribution in [-0.2, 0) is 4.79 Å². The SMILES string of the molecule is CC(C)CC(C)(O)CNC(=O)CC(C)C1CCCNC1. The van der Waals surface area contributed by atoms with Gasteiger partial charge in [0.25, 0.3) is 0 Å². The molecule has 118 valence electrons. The second kappa shape index (κ2) is 7.99. The van der Waals surface area contributed by atoms with Gasteiger partial charge >= 0.3 is 0 Å². The number of carbonyl (C=O) groups is 1. The molecule has 1 amide bonds. The molecule has 1 rings (SSSR count). The van der Waals surface area contributed by atoms with E-state index in [0.717, 1.165) is 13.1 Å². The third-order valence-corrected chi connectivity index (χ3v) is 4.16. The van der Waals surface area contributed by atoms with E-state index in [1.165, 1.54) is 12.8 Å². The van der Waals surface area contributed by atoms with E-state index in [1.54, 1.807) is 6.92 Å². The maximum Gasteiger partial charge on any atom is 0.220 e. The zero-order valence-corrected chi connectivity index (χ0v) is 13.5. The molecule has 3 N–H and O–H groups in total. The highest BCUT2D eigenvalue weighted by molar-refractivity contribution is 5.76. The number of amides is 1. The molecular weight excluding hydrogens is 252 g/mol. The Kier molecular flexibility index (Phi) is 6.96. The molecule has 0 saturated carbocycles. The van der Waals surface area contributed by atoms with E-state index in [-0.39, 0.29) is 5.91 Å². The molecule has 1 saturated heterocycles. The summed E-state index contributed by atoms with van der Waals surface area (Å²) in [5, 5.41) is 16.5. The number of piperidine rings is 1. The first-order valence-corrected chi connectivity index (χ1v) is 8.00. The van der Waals surface area contributed by atoms with Crippen molar-refractivity contribution in [2.24, 2.45) is 17.8 Å². The number of aliphatic hydroxyl groups is 1. The highest BCUT2D eigenvalue weighted by atomic mass is 16.3. The molecular formula is C16H32N2O2. The molecule has 4 heteroatoms. The van der Waals surface area contributed by atoms with Crippen LogP contribution in [0.1, 0.15) is 53.4 Å². The molecule has 1 aliphatic heterocycles. The fourth-order valence-corrected chi connectivity index (χ4v) is 3.14. The van der Waals surface area contributed by atoms with Gasteiger partial charge in [0.1, 0.15) is 0 Å². The average molecular weight is 284 g/mol. The van der Waals surface area contributed by atoms with Crippen LogP contribution < -0.4 is 10.6 Å². The quantitative estimate of drug-likeness (QED) is 0.669. The molecule has 0 aromatic heterocycles. The van der Waals surface area contributed by atoms with E-state index in [0.29, 0.717) is 37.1 Å². The number of rotatable bonds is 7. The van der Waals surface area contributed by atoms with Crippen LogP contribution in [0.2, 0.25) is 0 Å². The van der Waals surface area contributed by atoms with Gasteiger partial charge in [0, 0.05) is 13.0 Å². The monoisotopic (exact) mass is 284 g/mol. The summed E-state index contributed by atoms with van der Waals surface area (Å²) in [6, 6.07) is 0. The summed E-state index contributed by atoms with van der Waals surface area (Å²) in [6.45, 7) is 10.6. The highest BCUT2D eigenvalue weighted by Crippen LogP contribution is 2.22. The zero-order valence-electron chi connectivity index (χ0n) is 13.5. The van der Waals surface area contributed by atoms with Gasteiger partial charge in [-0.3, -0.25) is 4.79 Å². The zero-order chi connectivity index (χ0) is 15.2. The van der Waals surface area contributed by atoms with Gasteiger partial charge in [0.05, 0.1) is 5.60 Å². The summed E-state index contributed by atoms with van der Waals surface area (Å²) in [5.74, 6) is 1.49. The molecule has 0 aliphatic carbocycles. The Balaban J connectivity index is 2.28. The second-order valence-electron chi connectivity index (χ2n) is 7.16. The molecule has 3 atom stereocenters. The molecule has 1 aliphatic rings. The van der Waals surface area contributed by atoms with Crippen molar-refractivity contribution < 1.29 is 9.90 Å². The van der Waals surface area contributed by atoms with E-state index < -0.39 is 5.60 Å². The lowest BCUT2D eigenvalue weighted by Gasteiger charge is -2.29. The Morgan fingerprint density at radius 2 is 2.15 bits per heavy atom. The minimum atomic E-state index is -0.806. The largest absolute Gasteiger partial charge is 0.388 e. The van der Waals surface area contributed by atoms with Crippen LogP contribution in [-0.4, -0.2) is 36.2 Å². The predicted molar refractivity (Wildman–Crippen MR) is 82.5 cm³/mol. The Hall–Kier alpha value is -0.610. The van der Waals surface area contributed by atoms with E-state index in [1.807, 2.05) is 0 Å². The molecule has 1 heterocycles. The van der Waals surface area contributed by atoms with Crippen LogP contribution in [0.4, 0.5) is 0 Å². The normalized spacial score (nSPS) is 24.2. The van der Waals surface area contributed by atoms with Gasteiger partial charge in [-0.2, -0.15) is 0 Å². The first-order valence-electron chi connectivity index (χ1n) is 8.00. The summed E-state index contributed by atoms with van der Waals surface area (Å²) in [5.41, 5.74) is -0.806. The van der Waals surface area contributed by atoms with Crippen molar-refractivity contribution in [3.63, 3.8) is 0 Å². The van der Waals surface area contributed by atoms with Crippen molar-refractivity contribution in [1.29, 1.82) is 0 Å². The maximum atomic E-state index is 12.0. The van der Waals surface area contributed by atoms with Gasteiger partial charge in [0.15, 0.2) is 0 Å². The van der Waals surface area contributed by atoms with Crippen LogP contribution in [0, 0.1) is 17.8 Å². The summed E-state index contributed by atoms with van der Waals surface area (Å²) in [4.78, 5) is 12.0. The molecule has 1 fully saturated rings. The maximum absolute atomic E-state index is 12.0. The minimum Gasteiger partial charge on any atom is -0.388 e. The van der Waals surface area contributed by atoms with Gasteiger partial charge in [-0.15, -0.1) is 0 Å². The third-order valence-electron chi connectivity index (χ3n) is 4.16. The van der Waals surface area contributed by atoms with Crippen LogP contribution in [0.5, 0.6) is 0 Å². The van der Waals surface area contributed by atoms with Crippen LogP contribution in [0.3, 0.4) is 0 Å². The van der Waals surface area contributed by atoms with Crippen molar-refractivity contribution in [1.82, 2.24) is 10.6 Å². The van der Waals surface area contributed by atoms with Crippen molar-refractivity contribution in [3.05, 3.63) is 0 Å². The Labute approximate surface area is 123 Å². The van der Waals surface area contributed by atoms with Gasteiger partial charge in [-0.05, 0) is 57.0 Å². The fourth-order valence-electron chi connectivity index (χ4n) is 3.14. The minimum absolute atomic E-state index is 0.0621. The smallest absolute Gasteiger partial charge is 0.220 e. The summed E-state index contributed by atoms with van der Waals surface area (Å²) < 4.78 is 0. The molecule has 0 radical (unpaired) electrons. The average Bonchev–Trinajstić information content (AvgIpc) is 2.36. The number of carbonyl (C=O) groups excluding carboxylic acids is 1. The first-order chi connectivity index (χ1) is 9.30. The molecule has 0 spiro atoms. The summed E-state index contributed by atoms with van der Waals surface area (Å²) in [7, 11) is 0. The topological polar surface area (TPSA) is 61.4 Å². The molecule has 0 aromatic rings. The van der Waals surface area contributed by atoms with Crippen LogP contribution in [0.15, 0.2) is 0 Å². The van der Waals surface area contributed by atoms with Crippen molar-refractivity contribution in [2.45, 2.75) is 59.0 Å². The lowest BCUT2D eigenvalue weighted by atomic mass is 9.85. The molecule has 4 nitrogen and oxygen atoms in total. The van der Waals surface area contributed by atoms with E-state index in [2.05, 4.69) is 31.4 Å². The van der Waals surface area contributed by atoms with E-state index >= 15 is 0 Å². The Morgan fingerprint density at radius 1 is 1.45 bits per heavy atom. The van der Waals surface area contributed by atoms with Crippen LogP contribution in [0.25, 0.3) is 0 Å². The fraction of sp³-hybridized carbons (Fsp3) is 0.938. The molecule has 20 heavy (non-hydrogen) atoms. The van der Waals surface area contributed by atoms with Gasteiger partial charge in [0.2, 0.25) is 5.91 Å². The van der Waals surface area contributed by atoms with Gasteiger partial charge in [-0.25, -0.2) is 0 Å². The van der Waals surface area contributed by atoms with Crippen LogP contribution >= 0.6 is 0 Å². The van der Waals surface area contributed by atoms with Crippen molar-refractivity contribution in [3.8, 4) is 0 Å². The number of hydrogen-bond donors (Lipinski definition) is 3. The van der Waals surface area contributed by atoms with Gasteiger partial charge in [-0.1, -0.05) is 20.8 Å². The predicted octanol–water partition coefficient (Wildman–Crippen LogP) is 1.93. The van der Waals surface area contributed by atoms with Crippen molar-refractivity contribution in [2.75, 3.05) is 19.6 Å². The van der Waals surface area contributed by atoms with Crippen molar-refractivity contribution >= 4 is 5.91 Å². The number of nitrogens with one attached hydrogen (secondary N) is 2. The first kappa shape index (κ1) is 17.4. The standard InChI is InChI=1S/C16H32N2O2/c1-12(2)9-16(4,20)11-18-15(19)8-13(3)14-6-5-7-17-10-14/h12-14,17,20H,5-11H2,1-4H3,(H,18,19). The van der Waals surface area contributed by atoms with E-state index in [4.69, 9.17) is 0 Å². The number of hydrogen-bond acceptors (Lipinski definition) is 3. The Morgan fingerprint density at radius 3 is 2.70 bits per heavy atom. The summed E-state index contributed by atoms with van der Waals surface area (Å²) in [6.07, 6.45) is 3.69. The lowest BCUT2D eigenvalue weighted by Crippen LogP contribution is -2.42. The molecule has 0 bridgehead atoms.